The lowest BCUT2D eigenvalue weighted by Crippen LogP contribution is -2.62. The van der Waals surface area contributed by atoms with Gasteiger partial charge in [0.25, 0.3) is 0 Å². The molecule has 0 aromatic heterocycles. The standard InChI is InChI=1S/C25H24N2O5/c1-2-8-21(22(28)27-25(23(29)30)13-7-14-25)26-24(31)32-15-20-18-11-5-3-9-16(18)17-10-4-6-12-19(17)20/h1,3-6,9-12,20-21H,7-8,13-15H2,(H,26,31)(H,27,28)(H,29,30). The summed E-state index contributed by atoms with van der Waals surface area (Å²) in [6, 6.07) is 14.9. The summed E-state index contributed by atoms with van der Waals surface area (Å²) in [7, 11) is 0. The summed E-state index contributed by atoms with van der Waals surface area (Å²) in [5.41, 5.74) is 3.09. The van der Waals surface area contributed by atoms with E-state index >= 15 is 0 Å². The molecule has 2 aliphatic carbocycles. The fourth-order valence-electron chi connectivity index (χ4n) is 4.36. The number of carboxylic acid groups (broad SMARTS) is 1. The molecule has 1 unspecified atom stereocenters. The monoisotopic (exact) mass is 432 g/mol. The van der Waals surface area contributed by atoms with Crippen LogP contribution in [0.5, 0.6) is 0 Å². The van der Waals surface area contributed by atoms with Crippen LogP contribution >= 0.6 is 0 Å². The fraction of sp³-hybridized carbons (Fsp3) is 0.320. The average Bonchev–Trinajstić information content (AvgIpc) is 3.08. The Labute approximate surface area is 186 Å². The van der Waals surface area contributed by atoms with Crippen molar-refractivity contribution in [2.24, 2.45) is 0 Å². The van der Waals surface area contributed by atoms with Crippen molar-refractivity contribution >= 4 is 18.0 Å². The maximum atomic E-state index is 12.6. The highest BCUT2D eigenvalue weighted by Crippen LogP contribution is 2.44. The number of rotatable bonds is 7. The molecule has 1 fully saturated rings. The maximum absolute atomic E-state index is 12.6. The van der Waals surface area contributed by atoms with Gasteiger partial charge in [-0.1, -0.05) is 48.5 Å². The summed E-state index contributed by atoms with van der Waals surface area (Å²) in [5, 5.41) is 14.5. The Morgan fingerprint density at radius 1 is 1.09 bits per heavy atom. The van der Waals surface area contributed by atoms with Crippen LogP contribution in [0.4, 0.5) is 4.79 Å². The van der Waals surface area contributed by atoms with E-state index in [0.29, 0.717) is 19.3 Å². The van der Waals surface area contributed by atoms with Crippen LogP contribution in [-0.2, 0) is 14.3 Å². The number of carbonyl (C=O) groups excluding carboxylic acids is 2. The van der Waals surface area contributed by atoms with Gasteiger partial charge in [0.1, 0.15) is 18.2 Å². The van der Waals surface area contributed by atoms with Gasteiger partial charge in [0.2, 0.25) is 5.91 Å². The van der Waals surface area contributed by atoms with Crippen LogP contribution in [0.25, 0.3) is 11.1 Å². The number of hydrogen-bond donors (Lipinski definition) is 3. The molecule has 0 spiro atoms. The highest BCUT2D eigenvalue weighted by molar-refractivity contribution is 5.92. The van der Waals surface area contributed by atoms with Gasteiger partial charge in [0.15, 0.2) is 0 Å². The van der Waals surface area contributed by atoms with Gasteiger partial charge in [0.05, 0.1) is 0 Å². The lowest BCUT2D eigenvalue weighted by atomic mass is 9.76. The molecular weight excluding hydrogens is 408 g/mol. The summed E-state index contributed by atoms with van der Waals surface area (Å²) in [5.74, 6) is 0.525. The van der Waals surface area contributed by atoms with Crippen LogP contribution < -0.4 is 10.6 Å². The quantitative estimate of drug-likeness (QED) is 0.584. The predicted octanol–water partition coefficient (Wildman–Crippen LogP) is 3.04. The minimum atomic E-state index is -1.28. The van der Waals surface area contributed by atoms with Gasteiger partial charge in [-0.3, -0.25) is 4.79 Å². The number of hydrogen-bond acceptors (Lipinski definition) is 4. The summed E-state index contributed by atoms with van der Waals surface area (Å²) in [6.07, 6.45) is 5.91. The Balaban J connectivity index is 1.41. The fourth-order valence-corrected chi connectivity index (χ4v) is 4.36. The van der Waals surface area contributed by atoms with Gasteiger partial charge in [-0.25, -0.2) is 9.59 Å². The molecule has 1 atom stereocenters. The topological polar surface area (TPSA) is 105 Å². The summed E-state index contributed by atoms with van der Waals surface area (Å²) in [6.45, 7) is 0.101. The first-order valence-corrected chi connectivity index (χ1v) is 10.6. The molecule has 3 N–H and O–H groups in total. The van der Waals surface area contributed by atoms with Crippen LogP contribution in [-0.4, -0.2) is 41.3 Å². The molecule has 0 heterocycles. The minimum absolute atomic E-state index is 0.0777. The number of fused-ring (bicyclic) bond motifs is 3. The van der Waals surface area contributed by atoms with Crippen molar-refractivity contribution in [2.45, 2.75) is 43.2 Å². The largest absolute Gasteiger partial charge is 0.480 e. The Hall–Kier alpha value is -3.79. The van der Waals surface area contributed by atoms with Crippen molar-refractivity contribution in [3.63, 3.8) is 0 Å². The Bertz CT molecular complexity index is 1050. The molecule has 2 aromatic carbocycles. The van der Waals surface area contributed by atoms with E-state index in [9.17, 15) is 19.5 Å². The molecule has 2 amide bonds. The van der Waals surface area contributed by atoms with E-state index < -0.39 is 29.6 Å². The first-order valence-electron chi connectivity index (χ1n) is 10.6. The zero-order chi connectivity index (χ0) is 22.7. The third-order valence-corrected chi connectivity index (χ3v) is 6.25. The van der Waals surface area contributed by atoms with E-state index in [1.54, 1.807) is 0 Å². The Kier molecular flexibility index (Phi) is 5.87. The van der Waals surface area contributed by atoms with Crippen molar-refractivity contribution in [1.82, 2.24) is 10.6 Å². The molecule has 164 valence electrons. The number of carboxylic acids is 1. The van der Waals surface area contributed by atoms with Crippen molar-refractivity contribution in [3.05, 3.63) is 59.7 Å². The third-order valence-electron chi connectivity index (χ3n) is 6.25. The molecule has 2 aromatic rings. The summed E-state index contributed by atoms with van der Waals surface area (Å²) in [4.78, 5) is 36.7. The van der Waals surface area contributed by atoms with Crippen LogP contribution in [0.1, 0.15) is 42.7 Å². The molecule has 0 radical (unpaired) electrons. The number of nitrogens with one attached hydrogen (secondary N) is 2. The number of alkyl carbamates (subject to hydrolysis) is 1. The molecule has 0 saturated heterocycles. The second-order valence-electron chi connectivity index (χ2n) is 8.16. The second kappa shape index (κ2) is 8.75. The minimum Gasteiger partial charge on any atom is -0.480 e. The van der Waals surface area contributed by atoms with E-state index in [1.165, 1.54) is 0 Å². The first kappa shape index (κ1) is 21.4. The second-order valence-corrected chi connectivity index (χ2v) is 8.16. The number of ether oxygens (including phenoxy) is 1. The lowest BCUT2D eigenvalue weighted by Gasteiger charge is -2.39. The highest BCUT2D eigenvalue weighted by atomic mass is 16.5. The average molecular weight is 432 g/mol. The molecule has 1 saturated carbocycles. The molecular formula is C25H24N2O5. The first-order chi connectivity index (χ1) is 15.4. The zero-order valence-electron chi connectivity index (χ0n) is 17.5. The van der Waals surface area contributed by atoms with Crippen LogP contribution in [0.3, 0.4) is 0 Å². The van der Waals surface area contributed by atoms with Crippen LogP contribution in [0.15, 0.2) is 48.5 Å². The van der Waals surface area contributed by atoms with Crippen molar-refractivity contribution in [3.8, 4) is 23.5 Å². The van der Waals surface area contributed by atoms with E-state index in [1.807, 2.05) is 48.5 Å². The van der Waals surface area contributed by atoms with Crippen LogP contribution in [0.2, 0.25) is 0 Å². The Morgan fingerprint density at radius 3 is 2.19 bits per heavy atom. The number of aliphatic carboxylic acids is 1. The smallest absolute Gasteiger partial charge is 0.407 e. The van der Waals surface area contributed by atoms with Crippen molar-refractivity contribution < 1.29 is 24.2 Å². The van der Waals surface area contributed by atoms with Gasteiger partial charge in [-0.05, 0) is 41.5 Å². The normalized spacial score (nSPS) is 16.5. The molecule has 7 heteroatoms. The number of benzene rings is 2. The lowest BCUT2D eigenvalue weighted by molar-refractivity contribution is -0.152. The highest BCUT2D eigenvalue weighted by Gasteiger charge is 2.46. The van der Waals surface area contributed by atoms with E-state index in [0.717, 1.165) is 22.3 Å². The SMILES string of the molecule is C#CCC(NC(=O)OCC1c2ccccc2-c2ccccc21)C(=O)NC1(C(=O)O)CCC1. The van der Waals surface area contributed by atoms with Gasteiger partial charge in [-0.15, -0.1) is 12.3 Å². The Morgan fingerprint density at radius 2 is 1.69 bits per heavy atom. The van der Waals surface area contributed by atoms with Gasteiger partial charge < -0.3 is 20.5 Å². The number of terminal acetylenes is 1. The number of carbonyl (C=O) groups is 3. The molecule has 32 heavy (non-hydrogen) atoms. The number of amides is 2. The molecule has 0 bridgehead atoms. The maximum Gasteiger partial charge on any atom is 0.407 e. The molecule has 7 nitrogen and oxygen atoms in total. The van der Waals surface area contributed by atoms with Crippen LogP contribution in [0, 0.1) is 12.3 Å². The van der Waals surface area contributed by atoms with Crippen molar-refractivity contribution in [1.29, 1.82) is 0 Å². The van der Waals surface area contributed by atoms with Gasteiger partial charge >= 0.3 is 12.1 Å². The predicted molar refractivity (Wildman–Crippen MR) is 118 cm³/mol. The molecule has 2 aliphatic rings. The molecule has 4 rings (SSSR count). The van der Waals surface area contributed by atoms with Crippen molar-refractivity contribution in [2.75, 3.05) is 6.61 Å². The molecule has 0 aliphatic heterocycles. The third kappa shape index (κ3) is 3.92. The van der Waals surface area contributed by atoms with E-state index in [-0.39, 0.29) is 18.9 Å². The van der Waals surface area contributed by atoms with E-state index in [2.05, 4.69) is 16.6 Å². The summed E-state index contributed by atoms with van der Waals surface area (Å²) >= 11 is 0. The zero-order valence-corrected chi connectivity index (χ0v) is 17.5. The van der Waals surface area contributed by atoms with Gasteiger partial charge in [-0.2, -0.15) is 0 Å². The van der Waals surface area contributed by atoms with Gasteiger partial charge in [0, 0.05) is 12.3 Å². The van der Waals surface area contributed by atoms with E-state index in [4.69, 9.17) is 11.2 Å². The summed E-state index contributed by atoms with van der Waals surface area (Å²) < 4.78 is 5.47.